The zero-order chi connectivity index (χ0) is 17.8. The van der Waals surface area contributed by atoms with Crippen LogP contribution >= 0.6 is 0 Å². The summed E-state index contributed by atoms with van der Waals surface area (Å²) in [4.78, 5) is 14.5. The number of amides is 1. The molecule has 0 unspecified atom stereocenters. The largest absolute Gasteiger partial charge is 0.508 e. The number of aromatic hydroxyl groups is 1. The summed E-state index contributed by atoms with van der Waals surface area (Å²) in [6.07, 6.45) is 3.25. The molecule has 2 aromatic carbocycles. The Bertz CT molecular complexity index is 881. The van der Waals surface area contributed by atoms with Crippen LogP contribution in [0.4, 0.5) is 11.4 Å². The molecule has 0 atom stereocenters. The highest BCUT2D eigenvalue weighted by Gasteiger charge is 2.24. The van der Waals surface area contributed by atoms with Crippen molar-refractivity contribution in [2.24, 2.45) is 0 Å². The quantitative estimate of drug-likeness (QED) is 0.512. The Labute approximate surface area is 146 Å². The van der Waals surface area contributed by atoms with Crippen LogP contribution in [0, 0.1) is 18.3 Å². The lowest BCUT2D eigenvalue weighted by molar-refractivity contribution is -0.114. The van der Waals surface area contributed by atoms with Crippen molar-refractivity contribution in [3.8, 4) is 11.8 Å². The molecule has 1 aliphatic rings. The van der Waals surface area contributed by atoms with Crippen LogP contribution in [0.15, 0.2) is 54.2 Å². The van der Waals surface area contributed by atoms with Crippen LogP contribution in [-0.4, -0.2) is 17.6 Å². The van der Waals surface area contributed by atoms with Gasteiger partial charge in [-0.1, -0.05) is 18.2 Å². The third-order valence-electron chi connectivity index (χ3n) is 4.29. The molecular weight excluding hydrogens is 314 g/mol. The van der Waals surface area contributed by atoms with Gasteiger partial charge in [0.1, 0.15) is 17.4 Å². The number of anilines is 2. The second kappa shape index (κ2) is 7.10. The number of para-hydroxylation sites is 1. The number of nitrogens with zero attached hydrogens (tertiary/aromatic N) is 2. The lowest BCUT2D eigenvalue weighted by atomic mass is 10.0. The molecule has 25 heavy (non-hydrogen) atoms. The molecular formula is C20H19N3O2. The molecule has 0 aromatic heterocycles. The molecule has 0 saturated heterocycles. The predicted octanol–water partition coefficient (Wildman–Crippen LogP) is 3.50. The highest BCUT2D eigenvalue weighted by molar-refractivity contribution is 6.09. The topological polar surface area (TPSA) is 76.4 Å². The molecule has 0 radical (unpaired) electrons. The van der Waals surface area contributed by atoms with Crippen molar-refractivity contribution in [1.82, 2.24) is 0 Å². The number of carbonyl (C=O) groups excluding carboxylic acids is 1. The highest BCUT2D eigenvalue weighted by atomic mass is 16.3. The number of nitrogens with one attached hydrogen (secondary N) is 1. The standard InChI is InChI=1S/C20H19N3O2/c1-14-11-17(24)8-9-18(14)22-13-16(12-21)20(25)23-10-4-6-15-5-2-3-7-19(15)23/h2-3,5,7-9,11,13,22,24H,4,6,10H2,1H3/b16-13-. The fourth-order valence-electron chi connectivity index (χ4n) is 2.99. The summed E-state index contributed by atoms with van der Waals surface area (Å²) in [6.45, 7) is 2.44. The number of rotatable bonds is 3. The number of carbonyl (C=O) groups is 1. The number of phenols is 1. The smallest absolute Gasteiger partial charge is 0.270 e. The molecule has 5 heteroatoms. The van der Waals surface area contributed by atoms with Crippen molar-refractivity contribution in [3.05, 3.63) is 65.4 Å². The normalized spacial score (nSPS) is 13.8. The van der Waals surface area contributed by atoms with Crippen LogP contribution in [0.2, 0.25) is 0 Å². The Morgan fingerprint density at radius 3 is 2.88 bits per heavy atom. The van der Waals surface area contributed by atoms with Crippen LogP contribution in [0.25, 0.3) is 0 Å². The van der Waals surface area contributed by atoms with Gasteiger partial charge in [-0.05, 0) is 55.2 Å². The van der Waals surface area contributed by atoms with Gasteiger partial charge < -0.3 is 15.3 Å². The summed E-state index contributed by atoms with van der Waals surface area (Å²) in [6, 6.07) is 14.7. The van der Waals surface area contributed by atoms with Gasteiger partial charge in [0.2, 0.25) is 0 Å². The first-order chi connectivity index (χ1) is 12.1. The summed E-state index contributed by atoms with van der Waals surface area (Å²) < 4.78 is 0. The summed E-state index contributed by atoms with van der Waals surface area (Å²) in [5, 5.41) is 21.9. The number of phenolic OH excluding ortho intramolecular Hbond substituents is 1. The van der Waals surface area contributed by atoms with Crippen molar-refractivity contribution in [2.75, 3.05) is 16.8 Å². The van der Waals surface area contributed by atoms with E-state index in [0.29, 0.717) is 6.54 Å². The zero-order valence-corrected chi connectivity index (χ0v) is 14.0. The number of nitriles is 1. The molecule has 5 nitrogen and oxygen atoms in total. The lowest BCUT2D eigenvalue weighted by Gasteiger charge is -2.29. The molecule has 0 fully saturated rings. The Morgan fingerprint density at radius 2 is 2.12 bits per heavy atom. The Morgan fingerprint density at radius 1 is 1.32 bits per heavy atom. The Balaban J connectivity index is 1.84. The van der Waals surface area contributed by atoms with E-state index >= 15 is 0 Å². The summed E-state index contributed by atoms with van der Waals surface area (Å²) in [5.41, 5.74) is 3.60. The second-order valence-electron chi connectivity index (χ2n) is 6.00. The van der Waals surface area contributed by atoms with Gasteiger partial charge in [-0.2, -0.15) is 5.26 Å². The van der Waals surface area contributed by atoms with Crippen molar-refractivity contribution < 1.29 is 9.90 Å². The van der Waals surface area contributed by atoms with Gasteiger partial charge in [-0.3, -0.25) is 4.79 Å². The van der Waals surface area contributed by atoms with E-state index in [1.54, 1.807) is 23.1 Å². The van der Waals surface area contributed by atoms with Crippen molar-refractivity contribution in [2.45, 2.75) is 19.8 Å². The summed E-state index contributed by atoms with van der Waals surface area (Å²) in [7, 11) is 0. The lowest BCUT2D eigenvalue weighted by Crippen LogP contribution is -2.36. The predicted molar refractivity (Wildman–Crippen MR) is 97.3 cm³/mol. The van der Waals surface area contributed by atoms with E-state index in [2.05, 4.69) is 5.32 Å². The van der Waals surface area contributed by atoms with Gasteiger partial charge in [0.15, 0.2) is 0 Å². The molecule has 0 spiro atoms. The van der Waals surface area contributed by atoms with E-state index in [0.717, 1.165) is 35.3 Å². The number of aryl methyl sites for hydroxylation is 2. The summed E-state index contributed by atoms with van der Waals surface area (Å²) >= 11 is 0. The molecule has 1 amide bonds. The monoisotopic (exact) mass is 333 g/mol. The molecule has 126 valence electrons. The molecule has 2 N–H and O–H groups in total. The van der Waals surface area contributed by atoms with Crippen molar-refractivity contribution >= 4 is 17.3 Å². The molecule has 0 aliphatic carbocycles. The van der Waals surface area contributed by atoms with Gasteiger partial charge in [-0.25, -0.2) is 0 Å². The van der Waals surface area contributed by atoms with Crippen LogP contribution in [0.5, 0.6) is 5.75 Å². The first-order valence-corrected chi connectivity index (χ1v) is 8.16. The highest BCUT2D eigenvalue weighted by Crippen LogP contribution is 2.28. The molecule has 3 rings (SSSR count). The Kier molecular flexibility index (Phi) is 4.71. The SMILES string of the molecule is Cc1cc(O)ccc1N/C=C(/C#N)C(=O)N1CCCc2ccccc21. The van der Waals surface area contributed by atoms with Gasteiger partial charge in [-0.15, -0.1) is 0 Å². The first kappa shape index (κ1) is 16.6. The van der Waals surface area contributed by atoms with E-state index in [-0.39, 0.29) is 17.2 Å². The van der Waals surface area contributed by atoms with Crippen molar-refractivity contribution in [3.63, 3.8) is 0 Å². The van der Waals surface area contributed by atoms with Gasteiger partial charge in [0, 0.05) is 24.1 Å². The fourth-order valence-corrected chi connectivity index (χ4v) is 2.99. The van der Waals surface area contributed by atoms with E-state index in [1.165, 1.54) is 6.20 Å². The van der Waals surface area contributed by atoms with Crippen molar-refractivity contribution in [1.29, 1.82) is 5.26 Å². The number of fused-ring (bicyclic) bond motifs is 1. The summed E-state index contributed by atoms with van der Waals surface area (Å²) in [5.74, 6) is -0.132. The minimum absolute atomic E-state index is 0.0455. The third-order valence-corrected chi connectivity index (χ3v) is 4.29. The molecule has 0 saturated carbocycles. The average molecular weight is 333 g/mol. The van der Waals surface area contributed by atoms with E-state index < -0.39 is 0 Å². The van der Waals surface area contributed by atoms with Gasteiger partial charge in [0.25, 0.3) is 5.91 Å². The zero-order valence-electron chi connectivity index (χ0n) is 14.0. The third kappa shape index (κ3) is 3.48. The molecule has 0 bridgehead atoms. The van der Waals surface area contributed by atoms with Crippen LogP contribution in [0.1, 0.15) is 17.5 Å². The second-order valence-corrected chi connectivity index (χ2v) is 6.00. The number of hydrogen-bond donors (Lipinski definition) is 2. The van der Waals surface area contributed by atoms with Crippen LogP contribution < -0.4 is 10.2 Å². The first-order valence-electron chi connectivity index (χ1n) is 8.16. The minimum Gasteiger partial charge on any atom is -0.508 e. The van der Waals surface area contributed by atoms with E-state index in [4.69, 9.17) is 0 Å². The Hall–Kier alpha value is -3.26. The van der Waals surface area contributed by atoms with Crippen LogP contribution in [0.3, 0.4) is 0 Å². The maximum absolute atomic E-state index is 12.8. The fraction of sp³-hybridized carbons (Fsp3) is 0.200. The minimum atomic E-state index is -0.307. The maximum Gasteiger partial charge on any atom is 0.270 e. The average Bonchev–Trinajstić information content (AvgIpc) is 2.63. The molecule has 1 aliphatic heterocycles. The maximum atomic E-state index is 12.8. The number of benzene rings is 2. The number of hydrogen-bond acceptors (Lipinski definition) is 4. The van der Waals surface area contributed by atoms with E-state index in [1.807, 2.05) is 37.3 Å². The molecule has 1 heterocycles. The molecule has 2 aromatic rings. The van der Waals surface area contributed by atoms with E-state index in [9.17, 15) is 15.2 Å². The van der Waals surface area contributed by atoms with Gasteiger partial charge in [0.05, 0.1) is 0 Å². The van der Waals surface area contributed by atoms with Gasteiger partial charge >= 0.3 is 0 Å². The van der Waals surface area contributed by atoms with Crippen LogP contribution in [-0.2, 0) is 11.2 Å².